The van der Waals surface area contributed by atoms with Gasteiger partial charge in [-0.3, -0.25) is 0 Å². The summed E-state index contributed by atoms with van der Waals surface area (Å²) in [6.45, 7) is 15.9. The number of para-hydroxylation sites is 1. The molecule has 2 nitrogen and oxygen atoms in total. The fourth-order valence-electron chi connectivity index (χ4n) is 7.87. The van der Waals surface area contributed by atoms with E-state index in [1.807, 2.05) is 25.2 Å². The van der Waals surface area contributed by atoms with Crippen molar-refractivity contribution in [2.75, 3.05) is 5.32 Å². The highest BCUT2D eigenvalue weighted by Gasteiger charge is 2.41. The molecule has 51 heavy (non-hydrogen) atoms. The molecule has 0 saturated heterocycles. The maximum atomic E-state index is 4.66. The molecular weight excluding hydrogens is 617 g/mol. The van der Waals surface area contributed by atoms with Crippen LogP contribution in [0.15, 0.2) is 198 Å². The van der Waals surface area contributed by atoms with Crippen molar-refractivity contribution in [3.05, 3.63) is 215 Å². The average molecular weight is 665 g/mol. The van der Waals surface area contributed by atoms with Crippen LogP contribution in [0, 0.1) is 5.41 Å². The summed E-state index contributed by atoms with van der Waals surface area (Å²) in [6, 6.07) is 28.3. The molecule has 3 aliphatic carbocycles. The zero-order valence-corrected chi connectivity index (χ0v) is 30.2. The first-order chi connectivity index (χ1) is 24.8. The van der Waals surface area contributed by atoms with Crippen molar-refractivity contribution in [2.45, 2.75) is 52.5 Å². The minimum Gasteiger partial charge on any atom is -0.374 e. The number of hydrogen-bond donors (Lipinski definition) is 2. The van der Waals surface area contributed by atoms with Gasteiger partial charge >= 0.3 is 0 Å². The van der Waals surface area contributed by atoms with Crippen molar-refractivity contribution in [2.24, 2.45) is 5.41 Å². The fourth-order valence-corrected chi connectivity index (χ4v) is 7.87. The Morgan fingerprint density at radius 1 is 0.902 bits per heavy atom. The van der Waals surface area contributed by atoms with Crippen molar-refractivity contribution in [3.8, 4) is 0 Å². The molecule has 3 aromatic rings. The normalized spacial score (nSPS) is 19.5. The molecule has 0 amide bonds. The molecule has 1 aliphatic heterocycles. The third-order valence-electron chi connectivity index (χ3n) is 10.5. The third kappa shape index (κ3) is 6.92. The Morgan fingerprint density at radius 2 is 1.71 bits per heavy atom. The molecule has 0 aromatic heterocycles. The maximum Gasteiger partial charge on any atom is 0.0707 e. The smallest absolute Gasteiger partial charge is 0.0707 e. The molecule has 0 bridgehead atoms. The van der Waals surface area contributed by atoms with Crippen LogP contribution in [-0.4, -0.2) is 0 Å². The lowest BCUT2D eigenvalue weighted by Gasteiger charge is -2.29. The Labute approximate surface area is 304 Å². The van der Waals surface area contributed by atoms with Crippen molar-refractivity contribution >= 4 is 22.5 Å². The molecule has 1 heterocycles. The quantitative estimate of drug-likeness (QED) is 0.211. The highest BCUT2D eigenvalue weighted by atomic mass is 14.9. The molecule has 2 N–H and O–H groups in total. The number of allylic oxidation sites excluding steroid dienone is 18. The molecule has 254 valence electrons. The van der Waals surface area contributed by atoms with Crippen LogP contribution in [0.1, 0.15) is 69.2 Å². The Kier molecular flexibility index (Phi) is 9.77. The predicted octanol–water partition coefficient (Wildman–Crippen LogP) is 13.0. The predicted molar refractivity (Wildman–Crippen MR) is 219 cm³/mol. The molecule has 1 atom stereocenters. The lowest BCUT2D eigenvalue weighted by atomic mass is 9.75. The molecule has 7 rings (SSSR count). The molecule has 4 aliphatic rings. The van der Waals surface area contributed by atoms with E-state index in [9.17, 15) is 0 Å². The van der Waals surface area contributed by atoms with Gasteiger partial charge in [0.1, 0.15) is 0 Å². The summed E-state index contributed by atoms with van der Waals surface area (Å²) in [4.78, 5) is 0. The van der Waals surface area contributed by atoms with Gasteiger partial charge in [0.2, 0.25) is 0 Å². The fraction of sp³-hybridized carbons (Fsp3) is 0.184. The minimum atomic E-state index is -0.201. The molecule has 1 unspecified atom stereocenters. The first kappa shape index (κ1) is 33.9. The van der Waals surface area contributed by atoms with Crippen molar-refractivity contribution in [3.63, 3.8) is 0 Å². The zero-order valence-electron chi connectivity index (χ0n) is 30.2. The van der Waals surface area contributed by atoms with Crippen LogP contribution in [0.2, 0.25) is 0 Å². The monoisotopic (exact) mass is 664 g/mol. The summed E-state index contributed by atoms with van der Waals surface area (Å²) >= 11 is 0. The summed E-state index contributed by atoms with van der Waals surface area (Å²) in [6.07, 6.45) is 28.3. The van der Waals surface area contributed by atoms with Crippen molar-refractivity contribution < 1.29 is 0 Å². The maximum absolute atomic E-state index is 4.66. The second kappa shape index (κ2) is 14.7. The van der Waals surface area contributed by atoms with Gasteiger partial charge in [-0.25, -0.2) is 0 Å². The summed E-state index contributed by atoms with van der Waals surface area (Å²) in [5.74, 6) is 0. The van der Waals surface area contributed by atoms with E-state index in [0.717, 1.165) is 48.2 Å². The average Bonchev–Trinajstić information content (AvgIpc) is 3.41. The minimum absolute atomic E-state index is 0.0275. The number of hydrogen-bond acceptors (Lipinski definition) is 2. The van der Waals surface area contributed by atoms with Gasteiger partial charge in [-0.2, -0.15) is 0 Å². The highest BCUT2D eigenvalue weighted by Crippen LogP contribution is 2.57. The molecule has 0 spiro atoms. The van der Waals surface area contributed by atoms with Crippen LogP contribution in [0.4, 0.5) is 11.4 Å². The Balaban J connectivity index is 1.26. The molecule has 0 saturated carbocycles. The summed E-state index contributed by atoms with van der Waals surface area (Å²) in [7, 11) is 0. The largest absolute Gasteiger partial charge is 0.374 e. The van der Waals surface area contributed by atoms with Crippen LogP contribution >= 0.6 is 0 Å². The topological polar surface area (TPSA) is 24.1 Å². The zero-order chi connectivity index (χ0) is 35.4. The van der Waals surface area contributed by atoms with Gasteiger partial charge in [-0.05, 0) is 119 Å². The standard InChI is InChI=1S/C49H48N2/c1-6-7-10-20-34(2)35(3)47-41-27-15-17-29-43(41)49(4,5)48(47)42-28-16-18-30-44(42)50-40-26-19-25-38(31-40)46-33-39(36-21-11-8-12-22-36)32-45(51-46)37-23-13-9-14-24-37/h6-13,16-23,25-26,28-33,46,50-51H,2-3,14-15,24,27H2,1,4-5H3/b7-6-,20-10-. The first-order valence-corrected chi connectivity index (χ1v) is 18.3. The van der Waals surface area contributed by atoms with Gasteiger partial charge in [0.15, 0.2) is 0 Å². The second-order valence-electron chi connectivity index (χ2n) is 14.2. The Hall–Kier alpha value is -5.60. The van der Waals surface area contributed by atoms with Crippen molar-refractivity contribution in [1.29, 1.82) is 0 Å². The SMILES string of the molecule is C=C(/C=C\C=C/C)C(=C)C1=C(c2ccccc2Nc2cccc(C3C=C(c4ccccc4)C=C(C4=CC=CCC4)N3)c2)C(C)(C)C2=C1CCC=C2. The van der Waals surface area contributed by atoms with Crippen LogP contribution in [-0.2, 0) is 0 Å². The number of nitrogens with one attached hydrogen (secondary N) is 2. The summed E-state index contributed by atoms with van der Waals surface area (Å²) in [5.41, 5.74) is 16.6. The highest BCUT2D eigenvalue weighted by molar-refractivity contribution is 5.94. The van der Waals surface area contributed by atoms with Gasteiger partial charge < -0.3 is 10.6 Å². The van der Waals surface area contributed by atoms with E-state index < -0.39 is 0 Å². The van der Waals surface area contributed by atoms with E-state index in [0.29, 0.717) is 0 Å². The van der Waals surface area contributed by atoms with E-state index >= 15 is 0 Å². The van der Waals surface area contributed by atoms with E-state index in [4.69, 9.17) is 0 Å². The van der Waals surface area contributed by atoms with Crippen LogP contribution in [0.5, 0.6) is 0 Å². The number of rotatable bonds is 10. The first-order valence-electron chi connectivity index (χ1n) is 18.3. The van der Waals surface area contributed by atoms with Crippen LogP contribution < -0.4 is 10.6 Å². The van der Waals surface area contributed by atoms with Gasteiger partial charge in [-0.1, -0.05) is 142 Å². The van der Waals surface area contributed by atoms with Crippen LogP contribution in [0.3, 0.4) is 0 Å². The van der Waals surface area contributed by atoms with E-state index in [2.05, 4.69) is 165 Å². The lowest BCUT2D eigenvalue weighted by molar-refractivity contribution is 0.620. The van der Waals surface area contributed by atoms with Gasteiger partial charge in [0.25, 0.3) is 0 Å². The molecular formula is C49H48N2. The number of anilines is 2. The molecule has 3 aromatic carbocycles. The Morgan fingerprint density at radius 3 is 2.51 bits per heavy atom. The number of benzene rings is 3. The van der Waals surface area contributed by atoms with Gasteiger partial charge in [0, 0.05) is 28.1 Å². The summed E-state index contributed by atoms with van der Waals surface area (Å²) in [5, 5.41) is 7.75. The van der Waals surface area contributed by atoms with E-state index in [1.54, 1.807) is 0 Å². The second-order valence-corrected chi connectivity index (χ2v) is 14.2. The molecule has 0 fully saturated rings. The number of dihydropyridines is 1. The summed E-state index contributed by atoms with van der Waals surface area (Å²) < 4.78 is 0. The van der Waals surface area contributed by atoms with E-state index in [-0.39, 0.29) is 11.5 Å². The Bertz CT molecular complexity index is 2150. The van der Waals surface area contributed by atoms with Gasteiger partial charge in [0.05, 0.1) is 6.04 Å². The molecule has 0 radical (unpaired) electrons. The van der Waals surface area contributed by atoms with Crippen LogP contribution in [0.25, 0.3) is 11.1 Å². The van der Waals surface area contributed by atoms with Gasteiger partial charge in [-0.15, -0.1) is 0 Å². The van der Waals surface area contributed by atoms with Crippen molar-refractivity contribution in [1.82, 2.24) is 5.32 Å². The molecule has 2 heteroatoms. The van der Waals surface area contributed by atoms with E-state index in [1.165, 1.54) is 55.8 Å². The lowest BCUT2D eigenvalue weighted by Crippen LogP contribution is -2.24. The third-order valence-corrected chi connectivity index (χ3v) is 10.5.